The quantitative estimate of drug-likeness (QED) is 0.655. The molecule has 0 aliphatic rings. The number of amides is 1. The van der Waals surface area contributed by atoms with Crippen LogP contribution in [0.25, 0.3) is 10.2 Å². The number of rotatable bonds is 5. The molecule has 0 saturated carbocycles. The summed E-state index contributed by atoms with van der Waals surface area (Å²) in [7, 11) is -0.538. The van der Waals surface area contributed by atoms with Crippen molar-refractivity contribution in [1.29, 1.82) is 0 Å². The number of fused-ring (bicyclic) bond motifs is 1. The molecule has 9 heteroatoms. The van der Waals surface area contributed by atoms with E-state index >= 15 is 0 Å². The first-order valence-electron chi connectivity index (χ1n) is 7.60. The van der Waals surface area contributed by atoms with Crippen molar-refractivity contribution in [2.75, 3.05) is 25.7 Å². The summed E-state index contributed by atoms with van der Waals surface area (Å²) in [6.07, 6.45) is 1.91. The fourth-order valence-electron chi connectivity index (χ4n) is 2.33. The van der Waals surface area contributed by atoms with Gasteiger partial charge in [-0.15, -0.1) is 11.8 Å². The van der Waals surface area contributed by atoms with Crippen LogP contribution in [0.4, 0.5) is 5.13 Å². The maximum Gasteiger partial charge on any atom is 0.258 e. The normalized spacial score (nSPS) is 11.8. The number of hydrogen-bond acceptors (Lipinski definition) is 6. The number of carbonyl (C=O) groups is 1. The molecule has 0 fully saturated rings. The van der Waals surface area contributed by atoms with Crippen LogP contribution in [0.3, 0.4) is 0 Å². The lowest BCUT2D eigenvalue weighted by Gasteiger charge is -2.10. The van der Waals surface area contributed by atoms with Gasteiger partial charge in [-0.2, -0.15) is 0 Å². The molecule has 1 aromatic heterocycles. The zero-order valence-corrected chi connectivity index (χ0v) is 16.8. The van der Waals surface area contributed by atoms with E-state index in [4.69, 9.17) is 0 Å². The zero-order chi connectivity index (χ0) is 18.9. The molecule has 0 aliphatic carbocycles. The molecule has 3 aromatic rings. The van der Waals surface area contributed by atoms with Crippen molar-refractivity contribution in [2.24, 2.45) is 0 Å². The van der Waals surface area contributed by atoms with Gasteiger partial charge in [0.25, 0.3) is 5.91 Å². The van der Waals surface area contributed by atoms with Crippen LogP contribution in [0.1, 0.15) is 10.4 Å². The minimum Gasteiger partial charge on any atom is -0.298 e. The Balaban J connectivity index is 1.91. The number of benzene rings is 2. The van der Waals surface area contributed by atoms with Gasteiger partial charge in [-0.05, 0) is 36.6 Å². The lowest BCUT2D eigenvalue weighted by atomic mass is 10.2. The first kappa shape index (κ1) is 18.8. The summed E-state index contributed by atoms with van der Waals surface area (Å²) in [5.41, 5.74) is 1.22. The van der Waals surface area contributed by atoms with Crippen LogP contribution in [-0.4, -0.2) is 44.0 Å². The van der Waals surface area contributed by atoms with E-state index in [0.717, 1.165) is 9.20 Å². The molecule has 0 spiro atoms. The third-order valence-electron chi connectivity index (χ3n) is 3.71. The Bertz CT molecular complexity index is 1080. The predicted molar refractivity (Wildman–Crippen MR) is 107 cm³/mol. The summed E-state index contributed by atoms with van der Waals surface area (Å²) < 4.78 is 26.4. The summed E-state index contributed by atoms with van der Waals surface area (Å²) in [5.74, 6) is -0.241. The lowest BCUT2D eigenvalue weighted by molar-refractivity contribution is 0.102. The lowest BCUT2D eigenvalue weighted by Crippen LogP contribution is -2.22. The second-order valence-electron chi connectivity index (χ2n) is 5.59. The summed E-state index contributed by atoms with van der Waals surface area (Å²) in [6, 6.07) is 12.1. The molecule has 0 bridgehead atoms. The van der Waals surface area contributed by atoms with Gasteiger partial charge in [-0.1, -0.05) is 23.5 Å². The Kier molecular flexibility index (Phi) is 5.33. The van der Waals surface area contributed by atoms with Gasteiger partial charge in [0.1, 0.15) is 0 Å². The van der Waals surface area contributed by atoms with Crippen LogP contribution in [0.2, 0.25) is 0 Å². The van der Waals surface area contributed by atoms with Gasteiger partial charge in [0, 0.05) is 19.0 Å². The highest BCUT2D eigenvalue weighted by molar-refractivity contribution is 7.98. The second-order valence-corrected chi connectivity index (χ2v) is 9.62. The highest BCUT2D eigenvalue weighted by atomic mass is 32.2. The zero-order valence-electron chi connectivity index (χ0n) is 14.4. The number of sulfonamides is 1. The fourth-order valence-corrected chi connectivity index (χ4v) is 4.82. The van der Waals surface area contributed by atoms with Crippen molar-refractivity contribution in [3.8, 4) is 0 Å². The van der Waals surface area contributed by atoms with E-state index in [1.54, 1.807) is 18.2 Å². The standard InChI is InChI=1S/C17H17N3O3S3/c1-20(2)26(22,23)11-8-9-13-15(10-11)25-17(18-13)19-16(21)12-6-4-5-7-14(12)24-3/h4-10H,1-3H3,(H,18,19,21). The van der Waals surface area contributed by atoms with Crippen molar-refractivity contribution < 1.29 is 13.2 Å². The monoisotopic (exact) mass is 407 g/mol. The minimum absolute atomic E-state index is 0.198. The van der Waals surface area contributed by atoms with Crippen LogP contribution in [0.5, 0.6) is 0 Å². The average molecular weight is 408 g/mol. The molecule has 0 saturated heterocycles. The van der Waals surface area contributed by atoms with E-state index in [1.807, 2.05) is 24.5 Å². The molecule has 1 amide bonds. The molecule has 0 atom stereocenters. The first-order chi connectivity index (χ1) is 12.3. The van der Waals surface area contributed by atoms with Crippen molar-refractivity contribution >= 4 is 54.4 Å². The Morgan fingerprint density at radius 1 is 1.19 bits per heavy atom. The van der Waals surface area contributed by atoms with Gasteiger partial charge >= 0.3 is 0 Å². The Morgan fingerprint density at radius 2 is 1.92 bits per heavy atom. The predicted octanol–water partition coefficient (Wildman–Crippen LogP) is 3.52. The van der Waals surface area contributed by atoms with Crippen LogP contribution in [0, 0.1) is 0 Å². The molecule has 1 heterocycles. The summed E-state index contributed by atoms with van der Waals surface area (Å²) in [5, 5.41) is 3.23. The largest absolute Gasteiger partial charge is 0.298 e. The van der Waals surface area contributed by atoms with Crippen molar-refractivity contribution in [3.05, 3.63) is 48.0 Å². The molecule has 2 aromatic carbocycles. The molecule has 0 aliphatic heterocycles. The van der Waals surface area contributed by atoms with Gasteiger partial charge in [0.05, 0.1) is 20.7 Å². The summed E-state index contributed by atoms with van der Waals surface area (Å²) in [6.45, 7) is 0. The number of hydrogen-bond donors (Lipinski definition) is 1. The van der Waals surface area contributed by atoms with Gasteiger partial charge < -0.3 is 0 Å². The third kappa shape index (κ3) is 3.61. The van der Waals surface area contributed by atoms with Crippen molar-refractivity contribution in [3.63, 3.8) is 0 Å². The van der Waals surface area contributed by atoms with Crippen LogP contribution in [0.15, 0.2) is 52.3 Å². The molecule has 6 nitrogen and oxygen atoms in total. The molecule has 3 rings (SSSR count). The number of anilines is 1. The topological polar surface area (TPSA) is 79.4 Å². The number of thiazole rings is 1. The van der Waals surface area contributed by atoms with Gasteiger partial charge in [0.15, 0.2) is 5.13 Å². The third-order valence-corrected chi connectivity index (χ3v) is 7.25. The van der Waals surface area contributed by atoms with Gasteiger partial charge in [0.2, 0.25) is 10.0 Å². The molecule has 0 unspecified atom stereocenters. The van der Waals surface area contributed by atoms with Gasteiger partial charge in [-0.3, -0.25) is 10.1 Å². The van der Waals surface area contributed by atoms with E-state index in [2.05, 4.69) is 10.3 Å². The fraction of sp³-hybridized carbons (Fsp3) is 0.176. The maximum absolute atomic E-state index is 12.5. The summed E-state index contributed by atoms with van der Waals surface area (Å²) in [4.78, 5) is 18.0. The number of thioether (sulfide) groups is 1. The number of aromatic nitrogens is 1. The number of nitrogens with zero attached hydrogens (tertiary/aromatic N) is 2. The Labute approximate surface area is 160 Å². The maximum atomic E-state index is 12.5. The smallest absolute Gasteiger partial charge is 0.258 e. The van der Waals surface area contributed by atoms with E-state index < -0.39 is 10.0 Å². The molecule has 0 radical (unpaired) electrons. The van der Waals surface area contributed by atoms with E-state index in [-0.39, 0.29) is 10.8 Å². The van der Waals surface area contributed by atoms with Crippen molar-refractivity contribution in [1.82, 2.24) is 9.29 Å². The Morgan fingerprint density at radius 3 is 2.62 bits per heavy atom. The number of nitrogens with one attached hydrogen (secondary N) is 1. The second kappa shape index (κ2) is 7.36. The highest BCUT2D eigenvalue weighted by Gasteiger charge is 2.19. The average Bonchev–Trinajstić information content (AvgIpc) is 3.02. The molecule has 136 valence electrons. The van der Waals surface area contributed by atoms with Crippen LogP contribution in [-0.2, 0) is 10.0 Å². The number of carbonyl (C=O) groups excluding carboxylic acids is 1. The molecule has 1 N–H and O–H groups in total. The first-order valence-corrected chi connectivity index (χ1v) is 11.1. The van der Waals surface area contributed by atoms with Crippen LogP contribution >= 0.6 is 23.1 Å². The SMILES string of the molecule is CSc1ccccc1C(=O)Nc1nc2ccc(S(=O)(=O)N(C)C)cc2s1. The minimum atomic E-state index is -3.51. The van der Waals surface area contributed by atoms with E-state index in [1.165, 1.54) is 43.3 Å². The molecular formula is C17H17N3O3S3. The summed E-state index contributed by atoms with van der Waals surface area (Å²) >= 11 is 2.74. The van der Waals surface area contributed by atoms with Gasteiger partial charge in [-0.25, -0.2) is 17.7 Å². The van der Waals surface area contributed by atoms with Crippen LogP contribution < -0.4 is 5.32 Å². The highest BCUT2D eigenvalue weighted by Crippen LogP contribution is 2.29. The Hall–Kier alpha value is -1.94. The molecular weight excluding hydrogens is 390 g/mol. The molecule has 26 heavy (non-hydrogen) atoms. The van der Waals surface area contributed by atoms with E-state index in [9.17, 15) is 13.2 Å². The van der Waals surface area contributed by atoms with E-state index in [0.29, 0.717) is 20.9 Å². The van der Waals surface area contributed by atoms with Crippen molar-refractivity contribution in [2.45, 2.75) is 9.79 Å².